The molecule has 0 aliphatic carbocycles. The van der Waals surface area contributed by atoms with E-state index in [1.807, 2.05) is 12.1 Å². The zero-order valence-corrected chi connectivity index (χ0v) is 15.6. The summed E-state index contributed by atoms with van der Waals surface area (Å²) in [6.07, 6.45) is 0. The van der Waals surface area contributed by atoms with E-state index in [9.17, 15) is 4.39 Å². The van der Waals surface area contributed by atoms with E-state index in [0.717, 1.165) is 32.1 Å². The fraction of sp³-hybridized carbons (Fsp3) is 0.400. The zero-order chi connectivity index (χ0) is 18.4. The standard InChI is InChI=1S/C20H24ClFN2O2/c1-25-16-7-5-15(6-8-16)20(24-9-11-26-12-10-24)14-23-13-17-18(21)3-2-4-19(17)22/h2-8,20,23H,9-14H2,1H3/t20-/m0/s1. The van der Waals surface area contributed by atoms with Crippen LogP contribution in [0.5, 0.6) is 5.75 Å². The summed E-state index contributed by atoms with van der Waals surface area (Å²) in [5.74, 6) is 0.554. The van der Waals surface area contributed by atoms with Crippen LogP contribution in [0, 0.1) is 5.82 Å². The molecule has 4 nitrogen and oxygen atoms in total. The number of rotatable bonds is 7. The molecule has 2 aromatic rings. The van der Waals surface area contributed by atoms with Gasteiger partial charge in [0.25, 0.3) is 0 Å². The minimum atomic E-state index is -0.280. The third-order valence-corrected chi connectivity index (χ3v) is 5.04. The molecule has 0 bridgehead atoms. The molecule has 1 heterocycles. The highest BCUT2D eigenvalue weighted by molar-refractivity contribution is 6.31. The molecule has 1 atom stereocenters. The Morgan fingerprint density at radius 2 is 1.92 bits per heavy atom. The van der Waals surface area contributed by atoms with Crippen LogP contribution in [0.15, 0.2) is 42.5 Å². The summed E-state index contributed by atoms with van der Waals surface area (Å²) >= 11 is 6.12. The fourth-order valence-corrected chi connectivity index (χ4v) is 3.44. The lowest BCUT2D eigenvalue weighted by atomic mass is 10.0. The predicted octanol–water partition coefficient (Wildman–Crippen LogP) is 3.65. The average Bonchev–Trinajstić information content (AvgIpc) is 2.68. The van der Waals surface area contributed by atoms with Crippen LogP contribution in [0.1, 0.15) is 17.2 Å². The minimum Gasteiger partial charge on any atom is -0.497 e. The second-order valence-corrected chi connectivity index (χ2v) is 6.68. The number of halogens is 2. The molecule has 0 radical (unpaired) electrons. The van der Waals surface area contributed by atoms with Gasteiger partial charge >= 0.3 is 0 Å². The second-order valence-electron chi connectivity index (χ2n) is 6.27. The first kappa shape index (κ1) is 19.1. The van der Waals surface area contributed by atoms with Crippen molar-refractivity contribution in [1.29, 1.82) is 0 Å². The van der Waals surface area contributed by atoms with E-state index in [-0.39, 0.29) is 11.9 Å². The molecule has 1 aliphatic heterocycles. The van der Waals surface area contributed by atoms with Crippen molar-refractivity contribution in [3.8, 4) is 5.75 Å². The molecule has 1 fully saturated rings. The van der Waals surface area contributed by atoms with Crippen LogP contribution in [-0.4, -0.2) is 44.9 Å². The van der Waals surface area contributed by atoms with Gasteiger partial charge in [-0.15, -0.1) is 0 Å². The monoisotopic (exact) mass is 378 g/mol. The molecule has 2 aromatic carbocycles. The summed E-state index contributed by atoms with van der Waals surface area (Å²) in [5.41, 5.74) is 1.70. The number of morpholine rings is 1. The largest absolute Gasteiger partial charge is 0.497 e. The Morgan fingerprint density at radius 3 is 2.58 bits per heavy atom. The number of ether oxygens (including phenoxy) is 2. The van der Waals surface area contributed by atoms with E-state index in [1.54, 1.807) is 19.2 Å². The average molecular weight is 379 g/mol. The van der Waals surface area contributed by atoms with Crippen molar-refractivity contribution < 1.29 is 13.9 Å². The summed E-state index contributed by atoms with van der Waals surface area (Å²) in [7, 11) is 1.66. The van der Waals surface area contributed by atoms with Crippen LogP contribution in [0.3, 0.4) is 0 Å². The van der Waals surface area contributed by atoms with Crippen LogP contribution in [0.4, 0.5) is 4.39 Å². The SMILES string of the molecule is COc1ccc([C@H](CNCc2c(F)cccc2Cl)N2CCOCC2)cc1. The maximum absolute atomic E-state index is 14.0. The first-order chi connectivity index (χ1) is 12.7. The Kier molecular flexibility index (Phi) is 6.86. The minimum absolute atomic E-state index is 0.176. The van der Waals surface area contributed by atoms with E-state index in [4.69, 9.17) is 21.1 Å². The molecule has 0 spiro atoms. The van der Waals surface area contributed by atoms with Crippen molar-refractivity contribution >= 4 is 11.6 Å². The summed E-state index contributed by atoms with van der Waals surface area (Å²) in [4.78, 5) is 2.39. The zero-order valence-electron chi connectivity index (χ0n) is 14.9. The van der Waals surface area contributed by atoms with Gasteiger partial charge in [0, 0.05) is 42.8 Å². The van der Waals surface area contributed by atoms with Crippen LogP contribution >= 0.6 is 11.6 Å². The van der Waals surface area contributed by atoms with Crippen molar-refractivity contribution in [3.05, 3.63) is 64.4 Å². The molecule has 1 aliphatic rings. The Balaban J connectivity index is 1.70. The first-order valence-corrected chi connectivity index (χ1v) is 9.16. The van der Waals surface area contributed by atoms with Crippen molar-refractivity contribution in [3.63, 3.8) is 0 Å². The van der Waals surface area contributed by atoms with Gasteiger partial charge < -0.3 is 14.8 Å². The van der Waals surface area contributed by atoms with E-state index in [1.165, 1.54) is 11.6 Å². The van der Waals surface area contributed by atoms with E-state index in [0.29, 0.717) is 23.7 Å². The maximum atomic E-state index is 14.0. The highest BCUT2D eigenvalue weighted by Gasteiger charge is 2.22. The fourth-order valence-electron chi connectivity index (χ4n) is 3.21. The van der Waals surface area contributed by atoms with Crippen molar-refractivity contribution in [2.24, 2.45) is 0 Å². The molecule has 1 saturated heterocycles. The molecule has 1 N–H and O–H groups in total. The molecule has 0 unspecified atom stereocenters. The Hall–Kier alpha value is -1.66. The molecule has 140 valence electrons. The van der Waals surface area contributed by atoms with Crippen LogP contribution in [0.25, 0.3) is 0 Å². The van der Waals surface area contributed by atoms with Crippen molar-refractivity contribution in [2.45, 2.75) is 12.6 Å². The van der Waals surface area contributed by atoms with Gasteiger partial charge in [-0.05, 0) is 29.8 Å². The van der Waals surface area contributed by atoms with Crippen molar-refractivity contribution in [1.82, 2.24) is 10.2 Å². The maximum Gasteiger partial charge on any atom is 0.129 e. The third-order valence-electron chi connectivity index (χ3n) is 4.69. The van der Waals surface area contributed by atoms with E-state index >= 15 is 0 Å². The molecule has 0 saturated carbocycles. The molecular weight excluding hydrogens is 355 g/mol. The number of methoxy groups -OCH3 is 1. The third kappa shape index (κ3) is 4.74. The van der Waals surface area contributed by atoms with Gasteiger partial charge in [-0.1, -0.05) is 29.8 Å². The predicted molar refractivity (Wildman–Crippen MR) is 101 cm³/mol. The Morgan fingerprint density at radius 1 is 1.19 bits per heavy atom. The van der Waals surface area contributed by atoms with Gasteiger partial charge in [0.05, 0.1) is 20.3 Å². The molecular formula is C20H24ClFN2O2. The molecule has 26 heavy (non-hydrogen) atoms. The van der Waals surface area contributed by atoms with Gasteiger partial charge in [-0.3, -0.25) is 4.90 Å². The molecule has 3 rings (SSSR count). The summed E-state index contributed by atoms with van der Waals surface area (Å²) in [6, 6.07) is 13.0. The van der Waals surface area contributed by atoms with Gasteiger partial charge in [0.2, 0.25) is 0 Å². The van der Waals surface area contributed by atoms with E-state index in [2.05, 4.69) is 22.3 Å². The van der Waals surface area contributed by atoms with Gasteiger partial charge in [-0.25, -0.2) is 4.39 Å². The first-order valence-electron chi connectivity index (χ1n) is 8.78. The lowest BCUT2D eigenvalue weighted by molar-refractivity contribution is 0.0161. The lowest BCUT2D eigenvalue weighted by Gasteiger charge is -2.35. The number of hydrogen-bond donors (Lipinski definition) is 1. The van der Waals surface area contributed by atoms with Crippen molar-refractivity contribution in [2.75, 3.05) is 40.0 Å². The number of nitrogens with zero attached hydrogens (tertiary/aromatic N) is 1. The van der Waals surface area contributed by atoms with E-state index < -0.39 is 0 Å². The number of hydrogen-bond acceptors (Lipinski definition) is 4. The highest BCUT2D eigenvalue weighted by Crippen LogP contribution is 2.24. The number of benzene rings is 2. The Bertz CT molecular complexity index is 685. The lowest BCUT2D eigenvalue weighted by Crippen LogP contribution is -2.42. The number of nitrogens with one attached hydrogen (secondary N) is 1. The Labute approximate surface area is 158 Å². The van der Waals surface area contributed by atoms with Gasteiger partial charge in [0.1, 0.15) is 11.6 Å². The quantitative estimate of drug-likeness (QED) is 0.797. The highest BCUT2D eigenvalue weighted by atomic mass is 35.5. The molecule has 6 heteroatoms. The van der Waals surface area contributed by atoms with Crippen LogP contribution in [0.2, 0.25) is 5.02 Å². The molecule has 0 aromatic heterocycles. The molecule has 0 amide bonds. The topological polar surface area (TPSA) is 33.7 Å². The summed E-state index contributed by atoms with van der Waals surface area (Å²) < 4.78 is 24.7. The van der Waals surface area contributed by atoms with Gasteiger partial charge in [0.15, 0.2) is 0 Å². The summed E-state index contributed by atoms with van der Waals surface area (Å²) in [6.45, 7) is 4.29. The van der Waals surface area contributed by atoms with Crippen LogP contribution in [-0.2, 0) is 11.3 Å². The van der Waals surface area contributed by atoms with Crippen LogP contribution < -0.4 is 10.1 Å². The summed E-state index contributed by atoms with van der Waals surface area (Å²) in [5, 5.41) is 3.82. The smallest absolute Gasteiger partial charge is 0.129 e. The second kappa shape index (κ2) is 9.33. The normalized spacial score (nSPS) is 16.4. The van der Waals surface area contributed by atoms with Gasteiger partial charge in [-0.2, -0.15) is 0 Å².